The number of nitrogens with one attached hydrogen (secondary N) is 1. The summed E-state index contributed by atoms with van der Waals surface area (Å²) in [5.41, 5.74) is 1.79. The molecule has 21 heavy (non-hydrogen) atoms. The highest BCUT2D eigenvalue weighted by Crippen LogP contribution is 2.29. The van der Waals surface area contributed by atoms with E-state index in [1.54, 1.807) is 6.92 Å². The zero-order valence-corrected chi connectivity index (χ0v) is 14.2. The van der Waals surface area contributed by atoms with Gasteiger partial charge in [-0.2, -0.15) is 0 Å². The summed E-state index contributed by atoms with van der Waals surface area (Å²) in [5.74, 6) is -1.34. The molecule has 0 heterocycles. The van der Waals surface area contributed by atoms with Crippen molar-refractivity contribution in [2.24, 2.45) is 11.8 Å². The lowest BCUT2D eigenvalue weighted by molar-refractivity contribution is -0.152. The van der Waals surface area contributed by atoms with Crippen molar-refractivity contribution in [3.05, 3.63) is 39.6 Å². The molecule has 1 aliphatic rings. The summed E-state index contributed by atoms with van der Waals surface area (Å²) < 4.78 is 6.10. The number of anilines is 1. The summed E-state index contributed by atoms with van der Waals surface area (Å²) in [7, 11) is 0. The van der Waals surface area contributed by atoms with Crippen LogP contribution in [-0.2, 0) is 14.3 Å². The Morgan fingerprint density at radius 1 is 1.48 bits per heavy atom. The summed E-state index contributed by atoms with van der Waals surface area (Å²) in [6, 6.07) is 7.93. The van der Waals surface area contributed by atoms with Crippen LogP contribution in [0.1, 0.15) is 20.3 Å². The normalized spacial score (nSPS) is 21.7. The highest BCUT2D eigenvalue weighted by molar-refractivity contribution is 14.1. The van der Waals surface area contributed by atoms with Gasteiger partial charge in [-0.05, 0) is 60.1 Å². The molecule has 0 fully saturated rings. The van der Waals surface area contributed by atoms with E-state index in [0.717, 1.165) is 15.0 Å². The van der Waals surface area contributed by atoms with Gasteiger partial charge < -0.3 is 10.1 Å². The highest BCUT2D eigenvalue weighted by atomic mass is 127. The summed E-state index contributed by atoms with van der Waals surface area (Å²) in [4.78, 5) is 24.0. The number of allylic oxidation sites excluding steroid dienone is 2. The number of ether oxygens (including phenoxy) is 1. The quantitative estimate of drug-likeness (QED) is 0.479. The summed E-state index contributed by atoms with van der Waals surface area (Å²) >= 11 is 2.24. The Labute approximate surface area is 138 Å². The molecule has 112 valence electrons. The number of esters is 1. The Morgan fingerprint density at radius 3 is 2.86 bits per heavy atom. The van der Waals surface area contributed by atoms with E-state index in [9.17, 15) is 9.59 Å². The molecule has 0 spiro atoms. The number of carbonyl (C=O) groups excluding carboxylic acids is 2. The lowest BCUT2D eigenvalue weighted by Gasteiger charge is -2.26. The standard InChI is InChI=1S/C16H18INO3/c1-3-21-16(20)15-10(2)7-13(9-14(15)19)18-12-6-4-5-11(17)8-12/h4-6,8-10,15,18H,3,7H2,1-2H3/t10-,15+/m1/s1. The number of ketones is 1. The molecule has 0 unspecified atom stereocenters. The molecule has 2 atom stereocenters. The Balaban J connectivity index is 2.12. The van der Waals surface area contributed by atoms with Crippen molar-refractivity contribution in [2.45, 2.75) is 20.3 Å². The van der Waals surface area contributed by atoms with Crippen LogP contribution in [0.4, 0.5) is 5.69 Å². The molecule has 0 aromatic heterocycles. The molecule has 0 saturated carbocycles. The van der Waals surface area contributed by atoms with Gasteiger partial charge in [-0.25, -0.2) is 0 Å². The van der Waals surface area contributed by atoms with E-state index in [4.69, 9.17) is 4.74 Å². The molecule has 1 aliphatic carbocycles. The average Bonchev–Trinajstić information content (AvgIpc) is 2.38. The topological polar surface area (TPSA) is 55.4 Å². The molecule has 0 saturated heterocycles. The molecule has 5 heteroatoms. The third-order valence-electron chi connectivity index (χ3n) is 3.40. The first-order valence-electron chi connectivity index (χ1n) is 6.95. The number of hydrogen-bond acceptors (Lipinski definition) is 4. The van der Waals surface area contributed by atoms with Crippen molar-refractivity contribution in [3.8, 4) is 0 Å². The smallest absolute Gasteiger partial charge is 0.317 e. The van der Waals surface area contributed by atoms with Gasteiger partial charge in [0.25, 0.3) is 0 Å². The minimum absolute atomic E-state index is 0.0631. The van der Waals surface area contributed by atoms with Gasteiger partial charge in [0.15, 0.2) is 5.78 Å². The van der Waals surface area contributed by atoms with Crippen LogP contribution in [0.5, 0.6) is 0 Å². The van der Waals surface area contributed by atoms with Gasteiger partial charge in [0, 0.05) is 21.0 Å². The van der Waals surface area contributed by atoms with Gasteiger partial charge in [0.05, 0.1) is 6.61 Å². The van der Waals surface area contributed by atoms with E-state index < -0.39 is 11.9 Å². The van der Waals surface area contributed by atoms with Crippen LogP contribution in [-0.4, -0.2) is 18.4 Å². The largest absolute Gasteiger partial charge is 0.465 e. The fraction of sp³-hybridized carbons (Fsp3) is 0.375. The van der Waals surface area contributed by atoms with Gasteiger partial charge in [0.1, 0.15) is 5.92 Å². The van der Waals surface area contributed by atoms with Crippen LogP contribution in [0.2, 0.25) is 0 Å². The van der Waals surface area contributed by atoms with Crippen molar-refractivity contribution >= 4 is 40.0 Å². The second-order valence-corrected chi connectivity index (χ2v) is 6.36. The molecular formula is C16H18INO3. The molecular weight excluding hydrogens is 381 g/mol. The summed E-state index contributed by atoms with van der Waals surface area (Å²) in [5, 5.41) is 3.26. The van der Waals surface area contributed by atoms with E-state index in [0.29, 0.717) is 13.0 Å². The fourth-order valence-corrected chi connectivity index (χ4v) is 3.03. The number of carbonyl (C=O) groups is 2. The highest BCUT2D eigenvalue weighted by Gasteiger charge is 2.36. The van der Waals surface area contributed by atoms with Gasteiger partial charge >= 0.3 is 5.97 Å². The van der Waals surface area contributed by atoms with Crippen molar-refractivity contribution in [1.29, 1.82) is 0 Å². The Hall–Kier alpha value is -1.37. The maximum absolute atomic E-state index is 12.2. The molecule has 0 bridgehead atoms. The zero-order chi connectivity index (χ0) is 15.4. The molecule has 0 radical (unpaired) electrons. The molecule has 1 N–H and O–H groups in total. The lowest BCUT2D eigenvalue weighted by atomic mass is 9.82. The van der Waals surface area contributed by atoms with Gasteiger partial charge in [-0.15, -0.1) is 0 Å². The maximum Gasteiger partial charge on any atom is 0.317 e. The number of benzene rings is 1. The second kappa shape index (κ2) is 7.06. The average molecular weight is 399 g/mol. The van der Waals surface area contributed by atoms with Crippen molar-refractivity contribution < 1.29 is 14.3 Å². The molecule has 0 amide bonds. The molecule has 4 nitrogen and oxygen atoms in total. The molecule has 1 aromatic carbocycles. The lowest BCUT2D eigenvalue weighted by Crippen LogP contribution is -2.35. The Bertz CT molecular complexity index is 583. The molecule has 1 aromatic rings. The van der Waals surface area contributed by atoms with E-state index in [1.807, 2.05) is 31.2 Å². The van der Waals surface area contributed by atoms with Gasteiger partial charge in [-0.1, -0.05) is 13.0 Å². The first-order valence-corrected chi connectivity index (χ1v) is 8.02. The Morgan fingerprint density at radius 2 is 2.24 bits per heavy atom. The fourth-order valence-electron chi connectivity index (χ4n) is 2.48. The van der Waals surface area contributed by atoms with E-state index >= 15 is 0 Å². The minimum atomic E-state index is -0.675. The van der Waals surface area contributed by atoms with Crippen LogP contribution in [0, 0.1) is 15.4 Å². The SMILES string of the molecule is CCOC(=O)[C@@H]1C(=O)C=C(Nc2cccc(I)c2)C[C@H]1C. The van der Waals surface area contributed by atoms with Crippen LogP contribution in [0.15, 0.2) is 36.0 Å². The van der Waals surface area contributed by atoms with E-state index in [2.05, 4.69) is 27.9 Å². The predicted octanol–water partition coefficient (Wildman–Crippen LogP) is 3.38. The molecule has 0 aliphatic heterocycles. The predicted molar refractivity (Wildman–Crippen MR) is 89.8 cm³/mol. The van der Waals surface area contributed by atoms with Gasteiger partial charge in [-0.3, -0.25) is 9.59 Å². The van der Waals surface area contributed by atoms with Crippen molar-refractivity contribution in [2.75, 3.05) is 11.9 Å². The third-order valence-corrected chi connectivity index (χ3v) is 4.07. The van der Waals surface area contributed by atoms with Gasteiger partial charge in [0.2, 0.25) is 0 Å². The maximum atomic E-state index is 12.2. The van der Waals surface area contributed by atoms with Crippen molar-refractivity contribution in [1.82, 2.24) is 0 Å². The molecule has 2 rings (SSSR count). The number of rotatable bonds is 4. The first kappa shape index (κ1) is 16.0. The third kappa shape index (κ3) is 4.06. The monoisotopic (exact) mass is 399 g/mol. The zero-order valence-electron chi connectivity index (χ0n) is 12.1. The first-order chi connectivity index (χ1) is 10.0. The summed E-state index contributed by atoms with van der Waals surface area (Å²) in [6.45, 7) is 3.95. The van der Waals surface area contributed by atoms with Crippen LogP contribution in [0.25, 0.3) is 0 Å². The van der Waals surface area contributed by atoms with Crippen molar-refractivity contribution in [3.63, 3.8) is 0 Å². The van der Waals surface area contributed by atoms with Crippen LogP contribution in [0.3, 0.4) is 0 Å². The van der Waals surface area contributed by atoms with Crippen LogP contribution >= 0.6 is 22.6 Å². The second-order valence-electron chi connectivity index (χ2n) is 5.12. The Kier molecular flexibility index (Phi) is 5.39. The van der Waals surface area contributed by atoms with E-state index in [-0.39, 0.29) is 11.7 Å². The minimum Gasteiger partial charge on any atom is -0.465 e. The summed E-state index contributed by atoms with van der Waals surface area (Å²) in [6.07, 6.45) is 2.18. The number of halogens is 1. The van der Waals surface area contributed by atoms with E-state index in [1.165, 1.54) is 6.08 Å². The number of hydrogen-bond donors (Lipinski definition) is 1. The van der Waals surface area contributed by atoms with Crippen LogP contribution < -0.4 is 5.32 Å².